The van der Waals surface area contributed by atoms with Crippen molar-refractivity contribution < 1.29 is 23.8 Å². The van der Waals surface area contributed by atoms with E-state index < -0.39 is 12.1 Å². The summed E-state index contributed by atoms with van der Waals surface area (Å²) in [4.78, 5) is 10.6. The molecule has 6 heteroatoms. The van der Waals surface area contributed by atoms with Crippen molar-refractivity contribution in [3.8, 4) is 0 Å². The summed E-state index contributed by atoms with van der Waals surface area (Å²) in [6, 6.07) is 4.11. The quantitative estimate of drug-likeness (QED) is 0.863. The molecule has 1 atom stereocenters. The van der Waals surface area contributed by atoms with Gasteiger partial charge in [0.2, 0.25) is 5.76 Å². The molecule has 2 aromatic heterocycles. The van der Waals surface area contributed by atoms with E-state index in [1.807, 2.05) is 0 Å². The molecule has 0 radical (unpaired) electrons. The van der Waals surface area contributed by atoms with E-state index >= 15 is 0 Å². The Morgan fingerprint density at radius 3 is 2.62 bits per heavy atom. The molecule has 1 unspecified atom stereocenters. The smallest absolute Gasteiger partial charge is 0.371 e. The molecule has 16 heavy (non-hydrogen) atoms. The minimum Gasteiger partial charge on any atom is -0.475 e. The van der Waals surface area contributed by atoms with Crippen LogP contribution < -0.4 is 0 Å². The summed E-state index contributed by atoms with van der Waals surface area (Å²) < 4.78 is 9.74. The molecule has 0 fully saturated rings. The third kappa shape index (κ3) is 1.82. The van der Waals surface area contributed by atoms with Crippen LogP contribution in [0.25, 0.3) is 0 Å². The van der Waals surface area contributed by atoms with E-state index in [4.69, 9.17) is 25.5 Å². The molecule has 5 nitrogen and oxygen atoms in total. The first-order valence-electron chi connectivity index (χ1n) is 4.33. The van der Waals surface area contributed by atoms with E-state index in [0.29, 0.717) is 5.56 Å². The summed E-state index contributed by atoms with van der Waals surface area (Å²) in [5.74, 6) is -1.34. The average molecular weight is 243 g/mol. The second-order valence-electron chi connectivity index (χ2n) is 3.06. The van der Waals surface area contributed by atoms with E-state index in [1.54, 1.807) is 0 Å². The second kappa shape index (κ2) is 4.03. The average Bonchev–Trinajstić information content (AvgIpc) is 2.84. The number of carbonyl (C=O) groups is 1. The van der Waals surface area contributed by atoms with Crippen molar-refractivity contribution in [3.05, 3.63) is 46.8 Å². The maximum Gasteiger partial charge on any atom is 0.371 e. The maximum absolute atomic E-state index is 10.6. The molecule has 0 aromatic carbocycles. The number of rotatable bonds is 3. The predicted molar refractivity (Wildman–Crippen MR) is 53.4 cm³/mol. The Hall–Kier alpha value is -1.72. The highest BCUT2D eigenvalue weighted by Crippen LogP contribution is 2.29. The Morgan fingerprint density at radius 1 is 1.38 bits per heavy atom. The van der Waals surface area contributed by atoms with Crippen molar-refractivity contribution in [1.82, 2.24) is 0 Å². The first-order chi connectivity index (χ1) is 7.59. The second-order valence-corrected chi connectivity index (χ2v) is 3.40. The minimum atomic E-state index is -1.20. The van der Waals surface area contributed by atoms with E-state index in [0.717, 1.165) is 0 Å². The lowest BCUT2D eigenvalue weighted by molar-refractivity contribution is 0.0655. The lowest BCUT2D eigenvalue weighted by Crippen LogP contribution is -1.97. The highest BCUT2D eigenvalue weighted by Gasteiger charge is 2.21. The zero-order valence-electron chi connectivity index (χ0n) is 7.88. The molecule has 0 aliphatic carbocycles. The van der Waals surface area contributed by atoms with Crippen LogP contribution >= 0.6 is 11.6 Å². The lowest BCUT2D eigenvalue weighted by atomic mass is 10.1. The summed E-state index contributed by atoms with van der Waals surface area (Å²) in [5, 5.41) is 18.5. The fraction of sp³-hybridized carbons (Fsp3) is 0.100. The Labute approximate surface area is 94.9 Å². The van der Waals surface area contributed by atoms with Crippen molar-refractivity contribution >= 4 is 17.6 Å². The standard InChI is InChI=1S/C10H7ClO5/c11-9-5(3-4-15-9)8(12)6-1-2-7(16-6)10(13)14/h1-4,8,12H,(H,13,14). The minimum absolute atomic E-state index is 0.0424. The molecular weight excluding hydrogens is 236 g/mol. The molecule has 0 amide bonds. The van der Waals surface area contributed by atoms with E-state index in [9.17, 15) is 9.90 Å². The zero-order valence-corrected chi connectivity index (χ0v) is 8.64. The molecule has 84 valence electrons. The number of aliphatic hydroxyl groups is 1. The van der Waals surface area contributed by atoms with Crippen LogP contribution in [0.4, 0.5) is 0 Å². The Kier molecular flexibility index (Phi) is 2.72. The molecule has 0 spiro atoms. The molecule has 2 heterocycles. The normalized spacial score (nSPS) is 12.6. The summed E-state index contributed by atoms with van der Waals surface area (Å²) in [6.45, 7) is 0. The first kappa shape index (κ1) is 10.8. The molecule has 0 aliphatic rings. The predicted octanol–water partition coefficient (Wildman–Crippen LogP) is 2.31. The van der Waals surface area contributed by atoms with Crippen LogP contribution in [0.2, 0.25) is 5.22 Å². The number of halogens is 1. The lowest BCUT2D eigenvalue weighted by Gasteiger charge is -2.04. The number of carboxylic acids is 1. The Balaban J connectivity index is 2.31. The summed E-state index contributed by atoms with van der Waals surface area (Å²) >= 11 is 5.67. The van der Waals surface area contributed by atoms with Crippen LogP contribution in [0.1, 0.15) is 28.0 Å². The molecule has 0 saturated carbocycles. The van der Waals surface area contributed by atoms with Gasteiger partial charge < -0.3 is 19.0 Å². The number of aliphatic hydroxyl groups excluding tert-OH is 1. The molecular formula is C10H7ClO5. The number of carboxylic acid groups (broad SMARTS) is 1. The van der Waals surface area contributed by atoms with Gasteiger partial charge in [0.25, 0.3) is 0 Å². The fourth-order valence-corrected chi connectivity index (χ4v) is 1.49. The van der Waals surface area contributed by atoms with Crippen molar-refractivity contribution in [2.24, 2.45) is 0 Å². The molecule has 0 aliphatic heterocycles. The van der Waals surface area contributed by atoms with E-state index in [2.05, 4.69) is 0 Å². The van der Waals surface area contributed by atoms with Crippen LogP contribution in [-0.4, -0.2) is 16.2 Å². The van der Waals surface area contributed by atoms with Crippen LogP contribution in [0, 0.1) is 0 Å². The highest BCUT2D eigenvalue weighted by molar-refractivity contribution is 6.29. The van der Waals surface area contributed by atoms with Gasteiger partial charge in [-0.1, -0.05) is 0 Å². The molecule has 0 saturated heterocycles. The fourth-order valence-electron chi connectivity index (χ4n) is 1.27. The summed E-state index contributed by atoms with van der Waals surface area (Å²) in [6.07, 6.45) is 0.182. The molecule has 2 rings (SSSR count). The SMILES string of the molecule is O=C(O)c1ccc(C(O)c2ccoc2Cl)o1. The summed E-state index contributed by atoms with van der Waals surface area (Å²) in [5.41, 5.74) is 0.327. The third-order valence-corrected chi connectivity index (χ3v) is 2.36. The third-order valence-electron chi connectivity index (χ3n) is 2.05. The zero-order chi connectivity index (χ0) is 11.7. The van der Waals surface area contributed by atoms with Crippen molar-refractivity contribution in [2.45, 2.75) is 6.10 Å². The number of furan rings is 2. The van der Waals surface area contributed by atoms with Gasteiger partial charge in [-0.05, 0) is 29.8 Å². The van der Waals surface area contributed by atoms with Gasteiger partial charge >= 0.3 is 5.97 Å². The van der Waals surface area contributed by atoms with Crippen LogP contribution in [-0.2, 0) is 0 Å². The summed E-state index contributed by atoms with van der Waals surface area (Å²) in [7, 11) is 0. The van der Waals surface area contributed by atoms with Gasteiger partial charge in [-0.25, -0.2) is 4.79 Å². The Bertz CT molecular complexity index is 513. The van der Waals surface area contributed by atoms with Gasteiger partial charge in [0.1, 0.15) is 11.9 Å². The van der Waals surface area contributed by atoms with Gasteiger partial charge in [0.15, 0.2) is 5.22 Å². The van der Waals surface area contributed by atoms with Gasteiger partial charge in [-0.2, -0.15) is 0 Å². The van der Waals surface area contributed by atoms with E-state index in [1.165, 1.54) is 24.5 Å². The van der Waals surface area contributed by atoms with Crippen molar-refractivity contribution in [3.63, 3.8) is 0 Å². The Morgan fingerprint density at radius 2 is 2.12 bits per heavy atom. The number of hydrogen-bond donors (Lipinski definition) is 2. The van der Waals surface area contributed by atoms with Gasteiger partial charge in [0.05, 0.1) is 6.26 Å². The maximum atomic E-state index is 10.6. The number of aromatic carboxylic acids is 1. The van der Waals surface area contributed by atoms with Crippen molar-refractivity contribution in [1.29, 1.82) is 0 Å². The topological polar surface area (TPSA) is 83.8 Å². The first-order valence-corrected chi connectivity index (χ1v) is 4.71. The van der Waals surface area contributed by atoms with Gasteiger partial charge in [-0.3, -0.25) is 0 Å². The molecule has 2 aromatic rings. The van der Waals surface area contributed by atoms with Gasteiger partial charge in [0, 0.05) is 5.56 Å². The van der Waals surface area contributed by atoms with Gasteiger partial charge in [-0.15, -0.1) is 0 Å². The van der Waals surface area contributed by atoms with Crippen LogP contribution in [0.15, 0.2) is 33.3 Å². The highest BCUT2D eigenvalue weighted by atomic mass is 35.5. The largest absolute Gasteiger partial charge is 0.475 e. The van der Waals surface area contributed by atoms with Crippen molar-refractivity contribution in [2.75, 3.05) is 0 Å². The van der Waals surface area contributed by atoms with Crippen LogP contribution in [0.5, 0.6) is 0 Å². The monoisotopic (exact) mass is 242 g/mol. The van der Waals surface area contributed by atoms with Crippen LogP contribution in [0.3, 0.4) is 0 Å². The molecule has 2 N–H and O–H groups in total. The van der Waals surface area contributed by atoms with E-state index in [-0.39, 0.29) is 16.7 Å². The molecule has 0 bridgehead atoms. The number of hydrogen-bond acceptors (Lipinski definition) is 4.